The lowest BCUT2D eigenvalue weighted by atomic mass is 9.90. The van der Waals surface area contributed by atoms with Gasteiger partial charge < -0.3 is 25.1 Å². The molecular formula is C30H27N3O6. The number of hydrogen-bond donors (Lipinski definition) is 2. The Hall–Kier alpha value is -4.73. The van der Waals surface area contributed by atoms with Crippen molar-refractivity contribution in [3.05, 3.63) is 94.4 Å². The van der Waals surface area contributed by atoms with Gasteiger partial charge in [0.2, 0.25) is 0 Å². The summed E-state index contributed by atoms with van der Waals surface area (Å²) < 4.78 is 18.0. The number of nitrogens with zero attached hydrogens (tertiary/aromatic N) is 2. The summed E-state index contributed by atoms with van der Waals surface area (Å²) in [6, 6.07) is 20.0. The summed E-state index contributed by atoms with van der Waals surface area (Å²) >= 11 is 0. The van der Waals surface area contributed by atoms with Crippen LogP contribution in [0.1, 0.15) is 11.1 Å². The molecule has 0 aliphatic carbocycles. The molecule has 39 heavy (non-hydrogen) atoms. The molecule has 0 aliphatic heterocycles. The minimum absolute atomic E-state index is 0.0794. The lowest BCUT2D eigenvalue weighted by Crippen LogP contribution is -2.18. The van der Waals surface area contributed by atoms with Crippen molar-refractivity contribution in [2.24, 2.45) is 5.73 Å². The van der Waals surface area contributed by atoms with E-state index in [0.717, 1.165) is 21.7 Å². The average molecular weight is 526 g/mol. The van der Waals surface area contributed by atoms with Gasteiger partial charge in [-0.05, 0) is 80.9 Å². The van der Waals surface area contributed by atoms with Crippen LogP contribution in [0.3, 0.4) is 0 Å². The fourth-order valence-electron chi connectivity index (χ4n) is 4.80. The molecule has 0 fully saturated rings. The zero-order chi connectivity index (χ0) is 27.5. The number of ether oxygens (including phenoxy) is 3. The Balaban J connectivity index is 1.79. The second-order valence-electron chi connectivity index (χ2n) is 8.81. The minimum Gasteiger partial charge on any atom is -0.493 e. The standard InChI is InChI=1S/C30H27N3O6/c1-37-25-12-20-11-21(17-39-29(36)15-31)23(16-34)30(22(20)14-26(25)38-2)19-9-10-32-27(13-19)33-24-6-4-3-5-18(24)7-8-28(33)35/h3-14,34H,15-17,31H2,1-2H3. The third kappa shape index (κ3) is 4.81. The predicted octanol–water partition coefficient (Wildman–Crippen LogP) is 3.72. The molecule has 5 aromatic rings. The van der Waals surface area contributed by atoms with E-state index in [2.05, 4.69) is 4.98 Å². The van der Waals surface area contributed by atoms with Gasteiger partial charge >= 0.3 is 5.97 Å². The average Bonchev–Trinajstić information content (AvgIpc) is 2.98. The van der Waals surface area contributed by atoms with E-state index in [1.807, 2.05) is 42.5 Å². The van der Waals surface area contributed by atoms with Crippen LogP contribution in [0.15, 0.2) is 77.7 Å². The van der Waals surface area contributed by atoms with Gasteiger partial charge in [0.05, 0.1) is 32.9 Å². The minimum atomic E-state index is -0.561. The Bertz CT molecular complexity index is 1760. The van der Waals surface area contributed by atoms with Gasteiger partial charge in [-0.1, -0.05) is 18.2 Å². The van der Waals surface area contributed by atoms with E-state index in [1.165, 1.54) is 6.07 Å². The smallest absolute Gasteiger partial charge is 0.320 e. The summed E-state index contributed by atoms with van der Waals surface area (Å²) in [6.07, 6.45) is 1.62. The molecule has 9 heteroatoms. The van der Waals surface area contributed by atoms with Crippen LogP contribution < -0.4 is 20.8 Å². The van der Waals surface area contributed by atoms with Crippen LogP contribution in [0, 0.1) is 0 Å². The number of para-hydroxylation sites is 1. The van der Waals surface area contributed by atoms with Gasteiger partial charge in [-0.25, -0.2) is 4.98 Å². The number of pyridine rings is 2. The summed E-state index contributed by atoms with van der Waals surface area (Å²) in [6.45, 7) is -0.668. The van der Waals surface area contributed by atoms with E-state index in [0.29, 0.717) is 39.6 Å². The number of hydrogen-bond acceptors (Lipinski definition) is 8. The zero-order valence-corrected chi connectivity index (χ0v) is 21.5. The van der Waals surface area contributed by atoms with Crippen LogP contribution in [-0.4, -0.2) is 41.4 Å². The molecule has 5 rings (SSSR count). The van der Waals surface area contributed by atoms with Gasteiger partial charge in [0.1, 0.15) is 12.4 Å². The molecule has 0 unspecified atom stereocenters. The van der Waals surface area contributed by atoms with Gasteiger partial charge in [-0.3, -0.25) is 14.2 Å². The van der Waals surface area contributed by atoms with Crippen molar-refractivity contribution >= 4 is 27.6 Å². The maximum Gasteiger partial charge on any atom is 0.320 e. The van der Waals surface area contributed by atoms with Crippen molar-refractivity contribution in [2.45, 2.75) is 13.2 Å². The summed E-state index contributed by atoms with van der Waals surface area (Å²) in [5.74, 6) is 0.897. The molecule has 0 amide bonds. The van der Waals surface area contributed by atoms with Crippen molar-refractivity contribution < 1.29 is 24.1 Å². The number of methoxy groups -OCH3 is 2. The first kappa shape index (κ1) is 25.9. The highest BCUT2D eigenvalue weighted by atomic mass is 16.5. The number of aromatic nitrogens is 2. The first-order valence-corrected chi connectivity index (χ1v) is 12.2. The maximum absolute atomic E-state index is 13.0. The zero-order valence-electron chi connectivity index (χ0n) is 21.5. The molecule has 0 aliphatic rings. The molecule has 0 radical (unpaired) electrons. The SMILES string of the molecule is COc1cc2cc(COC(=O)CN)c(CO)c(-c3ccnc(-n4c(=O)ccc5ccccc54)c3)c2cc1OC. The Labute approximate surface area is 224 Å². The van der Waals surface area contributed by atoms with Crippen LogP contribution in [0.5, 0.6) is 11.5 Å². The first-order chi connectivity index (χ1) is 19.0. The molecule has 0 saturated heterocycles. The number of aliphatic hydroxyl groups excluding tert-OH is 1. The lowest BCUT2D eigenvalue weighted by molar-refractivity contribution is -0.143. The van der Waals surface area contributed by atoms with Gasteiger partial charge in [-0.15, -0.1) is 0 Å². The fraction of sp³-hybridized carbons (Fsp3) is 0.167. The first-order valence-electron chi connectivity index (χ1n) is 12.2. The van der Waals surface area contributed by atoms with Gasteiger partial charge in [-0.2, -0.15) is 0 Å². The molecule has 0 bridgehead atoms. The maximum atomic E-state index is 13.0. The second-order valence-corrected chi connectivity index (χ2v) is 8.81. The monoisotopic (exact) mass is 525 g/mol. The van der Waals surface area contributed by atoms with E-state index in [-0.39, 0.29) is 25.3 Å². The van der Waals surface area contributed by atoms with Crippen LogP contribution >= 0.6 is 0 Å². The van der Waals surface area contributed by atoms with E-state index in [4.69, 9.17) is 19.9 Å². The van der Waals surface area contributed by atoms with Crippen molar-refractivity contribution in [2.75, 3.05) is 20.8 Å². The normalized spacial score (nSPS) is 11.1. The summed E-state index contributed by atoms with van der Waals surface area (Å²) in [5.41, 5.74) is 8.47. The molecule has 3 aromatic carbocycles. The van der Waals surface area contributed by atoms with Gasteiger partial charge in [0, 0.05) is 12.3 Å². The van der Waals surface area contributed by atoms with Crippen LogP contribution in [0.25, 0.3) is 38.6 Å². The van der Waals surface area contributed by atoms with E-state index in [1.54, 1.807) is 43.2 Å². The number of rotatable bonds is 8. The van der Waals surface area contributed by atoms with Crippen molar-refractivity contribution in [1.82, 2.24) is 9.55 Å². The number of carbonyl (C=O) groups is 1. The van der Waals surface area contributed by atoms with Gasteiger partial charge in [0.25, 0.3) is 5.56 Å². The number of fused-ring (bicyclic) bond motifs is 2. The van der Waals surface area contributed by atoms with Crippen LogP contribution in [0.2, 0.25) is 0 Å². The number of carbonyl (C=O) groups excluding carboxylic acids is 1. The number of nitrogens with two attached hydrogens (primary N) is 1. The molecule has 2 aromatic heterocycles. The Morgan fingerprint density at radius 3 is 2.49 bits per heavy atom. The van der Waals surface area contributed by atoms with E-state index in [9.17, 15) is 14.7 Å². The lowest BCUT2D eigenvalue weighted by Gasteiger charge is -2.19. The van der Waals surface area contributed by atoms with Gasteiger partial charge in [0.15, 0.2) is 11.5 Å². The summed E-state index contributed by atoms with van der Waals surface area (Å²) in [4.78, 5) is 29.3. The summed E-state index contributed by atoms with van der Waals surface area (Å²) in [7, 11) is 3.10. The van der Waals surface area contributed by atoms with E-state index < -0.39 is 5.97 Å². The molecule has 0 spiro atoms. The molecule has 198 valence electrons. The quantitative estimate of drug-likeness (QED) is 0.294. The highest BCUT2D eigenvalue weighted by molar-refractivity contribution is 6.01. The summed E-state index contributed by atoms with van der Waals surface area (Å²) in [5, 5.41) is 13.0. The molecule has 9 nitrogen and oxygen atoms in total. The third-order valence-corrected chi connectivity index (χ3v) is 6.62. The number of benzene rings is 3. The Kier molecular flexibility index (Phi) is 7.27. The molecular weight excluding hydrogens is 498 g/mol. The predicted molar refractivity (Wildman–Crippen MR) is 148 cm³/mol. The van der Waals surface area contributed by atoms with E-state index >= 15 is 0 Å². The topological polar surface area (TPSA) is 126 Å². The molecule has 0 saturated carbocycles. The van der Waals surface area contributed by atoms with Crippen molar-refractivity contribution in [3.8, 4) is 28.4 Å². The van der Waals surface area contributed by atoms with Crippen LogP contribution in [-0.2, 0) is 22.7 Å². The van der Waals surface area contributed by atoms with Crippen molar-refractivity contribution in [3.63, 3.8) is 0 Å². The molecule has 0 atom stereocenters. The highest BCUT2D eigenvalue weighted by Gasteiger charge is 2.19. The molecule has 3 N–H and O–H groups in total. The van der Waals surface area contributed by atoms with Crippen molar-refractivity contribution in [1.29, 1.82) is 0 Å². The number of esters is 1. The number of aliphatic hydroxyl groups is 1. The van der Waals surface area contributed by atoms with Crippen LogP contribution in [0.4, 0.5) is 0 Å². The third-order valence-electron chi connectivity index (χ3n) is 6.62. The largest absolute Gasteiger partial charge is 0.493 e. The second kappa shape index (κ2) is 10.9. The highest BCUT2D eigenvalue weighted by Crippen LogP contribution is 2.41. The Morgan fingerprint density at radius 2 is 1.74 bits per heavy atom. The Morgan fingerprint density at radius 1 is 0.974 bits per heavy atom. The molecule has 2 heterocycles. The fourth-order valence-corrected chi connectivity index (χ4v) is 4.80.